The number of carbonyl (C=O) groups excluding carboxylic acids is 1. The van der Waals surface area contributed by atoms with Crippen LogP contribution in [-0.2, 0) is 9.53 Å². The van der Waals surface area contributed by atoms with Gasteiger partial charge in [0.25, 0.3) is 5.91 Å². The molecule has 0 unspecified atom stereocenters. The molecule has 1 aromatic heterocycles. The first-order valence-corrected chi connectivity index (χ1v) is 6.47. The molecule has 0 saturated carbocycles. The molecule has 0 aliphatic heterocycles. The van der Waals surface area contributed by atoms with E-state index in [-0.39, 0.29) is 23.1 Å². The first kappa shape index (κ1) is 15.2. The van der Waals surface area contributed by atoms with E-state index < -0.39 is 18.4 Å². The Hall–Kier alpha value is -0.820. The molecule has 0 radical (unpaired) electrons. The molecule has 0 fully saturated rings. The summed E-state index contributed by atoms with van der Waals surface area (Å²) in [5.41, 5.74) is 0.212. The zero-order valence-electron chi connectivity index (χ0n) is 9.48. The highest BCUT2D eigenvalue weighted by Crippen LogP contribution is 2.31. The molecule has 1 rings (SSSR count). The van der Waals surface area contributed by atoms with Crippen molar-refractivity contribution in [3.8, 4) is 0 Å². The molecular formula is C10H11Cl2NO4S. The van der Waals surface area contributed by atoms with Crippen molar-refractivity contribution in [3.05, 3.63) is 20.3 Å². The summed E-state index contributed by atoms with van der Waals surface area (Å²) in [4.78, 5) is 23.9. The van der Waals surface area contributed by atoms with Gasteiger partial charge in [0.2, 0.25) is 0 Å². The Morgan fingerprint density at radius 2 is 2.17 bits per heavy atom. The second-order valence-electron chi connectivity index (χ2n) is 3.35. The summed E-state index contributed by atoms with van der Waals surface area (Å²) in [5.74, 6) is -1.57. The van der Waals surface area contributed by atoms with Crippen LogP contribution in [-0.4, -0.2) is 48.7 Å². The fraction of sp³-hybridized carbons (Fsp3) is 0.400. The molecule has 1 heterocycles. The highest BCUT2D eigenvalue weighted by molar-refractivity contribution is 7.20. The summed E-state index contributed by atoms with van der Waals surface area (Å²) in [6.07, 6.45) is 0. The van der Waals surface area contributed by atoms with E-state index >= 15 is 0 Å². The number of hydrogen-bond acceptors (Lipinski definition) is 4. The number of halogens is 2. The molecule has 0 saturated heterocycles. The Balaban J connectivity index is 2.87. The lowest BCUT2D eigenvalue weighted by molar-refractivity contribution is -0.137. The molecule has 5 nitrogen and oxygen atoms in total. The molecule has 1 amide bonds. The van der Waals surface area contributed by atoms with Gasteiger partial charge in [0, 0.05) is 13.7 Å². The molecule has 8 heteroatoms. The van der Waals surface area contributed by atoms with Crippen LogP contribution < -0.4 is 0 Å². The van der Waals surface area contributed by atoms with Gasteiger partial charge in [-0.2, -0.15) is 0 Å². The SMILES string of the molecule is COCCN(CC(=O)O)C(=O)c1cc(Cl)sc1Cl. The molecule has 0 atom stereocenters. The van der Waals surface area contributed by atoms with Crippen molar-refractivity contribution < 1.29 is 19.4 Å². The van der Waals surface area contributed by atoms with Crippen LogP contribution in [0, 0.1) is 0 Å². The number of carboxylic acid groups (broad SMARTS) is 1. The normalized spacial score (nSPS) is 10.4. The highest BCUT2D eigenvalue weighted by atomic mass is 35.5. The van der Waals surface area contributed by atoms with E-state index in [0.717, 1.165) is 16.2 Å². The van der Waals surface area contributed by atoms with Gasteiger partial charge in [-0.25, -0.2) is 0 Å². The van der Waals surface area contributed by atoms with Crippen LogP contribution in [0.25, 0.3) is 0 Å². The Morgan fingerprint density at radius 1 is 1.50 bits per heavy atom. The number of carboxylic acids is 1. The maximum absolute atomic E-state index is 12.1. The molecule has 0 bridgehead atoms. The number of nitrogens with zero attached hydrogens (tertiary/aromatic N) is 1. The second-order valence-corrected chi connectivity index (χ2v) is 5.64. The summed E-state index contributed by atoms with van der Waals surface area (Å²) in [5, 5.41) is 8.76. The van der Waals surface area contributed by atoms with Crippen LogP contribution in [0.1, 0.15) is 10.4 Å². The average Bonchev–Trinajstić information content (AvgIpc) is 2.62. The summed E-state index contributed by atoms with van der Waals surface area (Å²) in [6.45, 7) is 0.00588. The van der Waals surface area contributed by atoms with Gasteiger partial charge in [0.1, 0.15) is 10.9 Å². The van der Waals surface area contributed by atoms with Gasteiger partial charge < -0.3 is 14.7 Å². The van der Waals surface area contributed by atoms with Gasteiger partial charge in [0.15, 0.2) is 0 Å². The third-order valence-electron chi connectivity index (χ3n) is 2.07. The topological polar surface area (TPSA) is 66.8 Å². The van der Waals surface area contributed by atoms with Gasteiger partial charge in [0.05, 0.1) is 16.5 Å². The van der Waals surface area contributed by atoms with E-state index in [1.807, 2.05) is 0 Å². The third-order valence-corrected chi connectivity index (χ3v) is 3.55. The largest absolute Gasteiger partial charge is 0.480 e. The minimum absolute atomic E-state index is 0.172. The predicted molar refractivity (Wildman–Crippen MR) is 69.8 cm³/mol. The maximum atomic E-state index is 12.1. The van der Waals surface area contributed by atoms with E-state index in [4.69, 9.17) is 33.0 Å². The van der Waals surface area contributed by atoms with E-state index in [1.165, 1.54) is 13.2 Å². The zero-order valence-corrected chi connectivity index (χ0v) is 11.8. The summed E-state index contributed by atoms with van der Waals surface area (Å²) < 4.78 is 5.46. The molecule has 1 N–H and O–H groups in total. The van der Waals surface area contributed by atoms with Gasteiger partial charge in [-0.3, -0.25) is 9.59 Å². The van der Waals surface area contributed by atoms with Gasteiger partial charge in [-0.15, -0.1) is 11.3 Å². The Labute approximate surface area is 118 Å². The molecule has 0 spiro atoms. The Bertz CT molecular complexity index is 449. The molecule has 100 valence electrons. The molecule has 0 aliphatic rings. The summed E-state index contributed by atoms with van der Waals surface area (Å²) in [7, 11) is 1.47. The monoisotopic (exact) mass is 311 g/mol. The Morgan fingerprint density at radius 3 is 2.61 bits per heavy atom. The first-order valence-electron chi connectivity index (χ1n) is 4.90. The number of carbonyl (C=O) groups is 2. The van der Waals surface area contributed by atoms with Gasteiger partial charge >= 0.3 is 5.97 Å². The lowest BCUT2D eigenvalue weighted by Crippen LogP contribution is -2.37. The van der Waals surface area contributed by atoms with Crippen molar-refractivity contribution in [3.63, 3.8) is 0 Å². The molecule has 0 aromatic carbocycles. The molecule has 1 aromatic rings. The van der Waals surface area contributed by atoms with Crippen molar-refractivity contribution in [1.82, 2.24) is 4.90 Å². The predicted octanol–water partition coefficient (Wildman–Crippen LogP) is 2.23. The molecular weight excluding hydrogens is 301 g/mol. The van der Waals surface area contributed by atoms with Crippen molar-refractivity contribution in [2.75, 3.05) is 26.8 Å². The lowest BCUT2D eigenvalue weighted by Gasteiger charge is -2.19. The number of methoxy groups -OCH3 is 1. The quantitative estimate of drug-likeness (QED) is 0.875. The van der Waals surface area contributed by atoms with Crippen molar-refractivity contribution in [2.24, 2.45) is 0 Å². The number of thiophene rings is 1. The number of hydrogen-bond donors (Lipinski definition) is 1. The smallest absolute Gasteiger partial charge is 0.323 e. The number of ether oxygens (including phenoxy) is 1. The fourth-order valence-corrected chi connectivity index (χ4v) is 2.72. The number of aliphatic carboxylic acids is 1. The van der Waals surface area contributed by atoms with Crippen LogP contribution in [0.5, 0.6) is 0 Å². The van der Waals surface area contributed by atoms with Gasteiger partial charge in [-0.05, 0) is 6.07 Å². The standard InChI is InChI=1S/C10H11Cl2NO4S/c1-17-3-2-13(5-8(14)15)10(16)6-4-7(11)18-9(6)12/h4H,2-3,5H2,1H3,(H,14,15). The lowest BCUT2D eigenvalue weighted by atomic mass is 10.3. The number of rotatable bonds is 6. The summed E-state index contributed by atoms with van der Waals surface area (Å²) >= 11 is 12.7. The Kier molecular flexibility index (Phi) is 5.87. The van der Waals surface area contributed by atoms with Crippen LogP contribution in [0.4, 0.5) is 0 Å². The second kappa shape index (κ2) is 6.94. The zero-order chi connectivity index (χ0) is 13.7. The van der Waals surface area contributed by atoms with Gasteiger partial charge in [-0.1, -0.05) is 23.2 Å². The van der Waals surface area contributed by atoms with E-state index in [0.29, 0.717) is 4.34 Å². The molecule has 18 heavy (non-hydrogen) atoms. The first-order chi connectivity index (χ1) is 8.45. The van der Waals surface area contributed by atoms with Crippen molar-refractivity contribution in [1.29, 1.82) is 0 Å². The van der Waals surface area contributed by atoms with Crippen molar-refractivity contribution in [2.45, 2.75) is 0 Å². The summed E-state index contributed by atoms with van der Waals surface area (Å²) in [6, 6.07) is 1.43. The highest BCUT2D eigenvalue weighted by Gasteiger charge is 2.22. The van der Waals surface area contributed by atoms with E-state index in [1.54, 1.807) is 0 Å². The third kappa shape index (κ3) is 4.13. The van der Waals surface area contributed by atoms with Crippen molar-refractivity contribution >= 4 is 46.4 Å². The minimum Gasteiger partial charge on any atom is -0.480 e. The fourth-order valence-electron chi connectivity index (χ4n) is 1.27. The van der Waals surface area contributed by atoms with E-state index in [9.17, 15) is 9.59 Å². The van der Waals surface area contributed by atoms with Crippen LogP contribution in [0.15, 0.2) is 6.07 Å². The average molecular weight is 312 g/mol. The van der Waals surface area contributed by atoms with Crippen LogP contribution in [0.3, 0.4) is 0 Å². The maximum Gasteiger partial charge on any atom is 0.323 e. The van der Waals surface area contributed by atoms with Crippen LogP contribution >= 0.6 is 34.5 Å². The van der Waals surface area contributed by atoms with E-state index in [2.05, 4.69) is 0 Å². The molecule has 0 aliphatic carbocycles. The number of amides is 1. The minimum atomic E-state index is -1.10. The van der Waals surface area contributed by atoms with Crippen LogP contribution in [0.2, 0.25) is 8.67 Å².